The summed E-state index contributed by atoms with van der Waals surface area (Å²) >= 11 is 0. The Bertz CT molecular complexity index is 371. The fourth-order valence-electron chi connectivity index (χ4n) is 0.954. The second-order valence-electron chi connectivity index (χ2n) is 2.59. The van der Waals surface area contributed by atoms with Gasteiger partial charge in [-0.3, -0.25) is 4.79 Å². The van der Waals surface area contributed by atoms with Crippen LogP contribution in [0.15, 0.2) is 18.2 Å². The summed E-state index contributed by atoms with van der Waals surface area (Å²) in [7, 11) is 0. The third-order valence-electron chi connectivity index (χ3n) is 1.64. The van der Waals surface area contributed by atoms with Gasteiger partial charge in [0.25, 0.3) is 5.78 Å². The van der Waals surface area contributed by atoms with E-state index in [2.05, 4.69) is 0 Å². The van der Waals surface area contributed by atoms with Crippen LogP contribution in [0.1, 0.15) is 15.9 Å². The summed E-state index contributed by atoms with van der Waals surface area (Å²) in [6.45, 7) is 1.55. The van der Waals surface area contributed by atoms with E-state index < -0.39 is 17.6 Å². The van der Waals surface area contributed by atoms with Crippen molar-refractivity contribution in [3.63, 3.8) is 0 Å². The molecule has 0 aliphatic heterocycles. The lowest BCUT2D eigenvalue weighted by Gasteiger charge is -2.00. The predicted octanol–water partition coefficient (Wildman–Crippen LogP) is 1.40. The van der Waals surface area contributed by atoms with E-state index in [9.17, 15) is 14.0 Å². The van der Waals surface area contributed by atoms with Crippen molar-refractivity contribution in [2.45, 2.75) is 6.92 Å². The second kappa shape index (κ2) is 3.35. The molecule has 0 spiro atoms. The number of carbonyl (C=O) groups excluding carboxylic acids is 1. The summed E-state index contributed by atoms with van der Waals surface area (Å²) in [4.78, 5) is 21.2. The van der Waals surface area contributed by atoms with Crippen molar-refractivity contribution in [2.24, 2.45) is 0 Å². The van der Waals surface area contributed by atoms with E-state index in [1.54, 1.807) is 6.92 Å². The van der Waals surface area contributed by atoms with Crippen molar-refractivity contribution in [3.8, 4) is 0 Å². The minimum Gasteiger partial charge on any atom is -0.475 e. The van der Waals surface area contributed by atoms with E-state index in [-0.39, 0.29) is 5.56 Å². The summed E-state index contributed by atoms with van der Waals surface area (Å²) in [5.74, 6) is -3.28. The highest BCUT2D eigenvalue weighted by Crippen LogP contribution is 2.10. The lowest BCUT2D eigenvalue weighted by molar-refractivity contribution is -0.131. The Balaban J connectivity index is 3.21. The molecule has 3 nitrogen and oxygen atoms in total. The average molecular weight is 182 g/mol. The molecule has 1 aromatic carbocycles. The van der Waals surface area contributed by atoms with Gasteiger partial charge in [0.05, 0.1) is 0 Å². The van der Waals surface area contributed by atoms with Crippen LogP contribution in [0.5, 0.6) is 0 Å². The summed E-state index contributed by atoms with van der Waals surface area (Å²) in [6, 6.07) is 3.46. The molecule has 0 atom stereocenters. The Morgan fingerprint density at radius 2 is 2.00 bits per heavy atom. The first-order chi connectivity index (χ1) is 6.02. The third kappa shape index (κ3) is 1.90. The molecule has 1 rings (SSSR count). The number of carbonyl (C=O) groups is 2. The maximum atomic E-state index is 12.6. The molecule has 0 saturated heterocycles. The van der Waals surface area contributed by atoms with Crippen molar-refractivity contribution in [3.05, 3.63) is 35.1 Å². The van der Waals surface area contributed by atoms with Crippen LogP contribution in [-0.4, -0.2) is 16.9 Å². The molecule has 0 aromatic heterocycles. The van der Waals surface area contributed by atoms with Gasteiger partial charge in [-0.1, -0.05) is 6.07 Å². The van der Waals surface area contributed by atoms with Gasteiger partial charge in [-0.25, -0.2) is 9.18 Å². The normalized spacial score (nSPS) is 9.69. The van der Waals surface area contributed by atoms with Gasteiger partial charge in [0.2, 0.25) is 0 Å². The highest BCUT2D eigenvalue weighted by atomic mass is 19.1. The van der Waals surface area contributed by atoms with E-state index in [1.807, 2.05) is 0 Å². The number of ketones is 1. The van der Waals surface area contributed by atoms with E-state index in [1.165, 1.54) is 12.1 Å². The number of Topliss-reactive ketones (excluding diaryl/α,β-unsaturated/α-hetero) is 1. The molecule has 0 amide bonds. The van der Waals surface area contributed by atoms with Gasteiger partial charge in [0.1, 0.15) is 5.82 Å². The Morgan fingerprint density at radius 3 is 2.54 bits per heavy atom. The molecule has 68 valence electrons. The number of hydrogen-bond acceptors (Lipinski definition) is 2. The molecule has 0 radical (unpaired) electrons. The maximum Gasteiger partial charge on any atom is 0.377 e. The average Bonchev–Trinajstić information content (AvgIpc) is 2.08. The molecule has 1 N–H and O–H groups in total. The van der Waals surface area contributed by atoms with Crippen LogP contribution in [0, 0.1) is 12.7 Å². The molecular formula is C9H7FO3. The molecule has 13 heavy (non-hydrogen) atoms. The molecule has 0 aliphatic carbocycles. The maximum absolute atomic E-state index is 12.6. The molecular weight excluding hydrogens is 175 g/mol. The molecule has 0 bridgehead atoms. The first kappa shape index (κ1) is 9.38. The molecule has 0 fully saturated rings. The first-order valence-electron chi connectivity index (χ1n) is 3.56. The van der Waals surface area contributed by atoms with Crippen LogP contribution in [-0.2, 0) is 4.79 Å². The minimum absolute atomic E-state index is 0.104. The minimum atomic E-state index is -1.58. The fourth-order valence-corrected chi connectivity index (χ4v) is 0.954. The van der Waals surface area contributed by atoms with Crippen molar-refractivity contribution in [1.29, 1.82) is 0 Å². The highest BCUT2D eigenvalue weighted by molar-refractivity contribution is 6.40. The van der Waals surface area contributed by atoms with Crippen LogP contribution in [0.4, 0.5) is 4.39 Å². The second-order valence-corrected chi connectivity index (χ2v) is 2.59. The molecule has 1 aromatic rings. The smallest absolute Gasteiger partial charge is 0.377 e. The Hall–Kier alpha value is -1.71. The summed E-state index contributed by atoms with van der Waals surface area (Å²) in [5.41, 5.74) is 0.348. The molecule has 0 aliphatic rings. The lowest BCUT2D eigenvalue weighted by Crippen LogP contribution is -2.14. The third-order valence-corrected chi connectivity index (χ3v) is 1.64. The number of rotatable bonds is 2. The van der Waals surface area contributed by atoms with Gasteiger partial charge in [0, 0.05) is 5.56 Å². The van der Waals surface area contributed by atoms with E-state index in [0.717, 1.165) is 6.07 Å². The summed E-state index contributed by atoms with van der Waals surface area (Å²) < 4.78 is 12.6. The zero-order valence-electron chi connectivity index (χ0n) is 6.87. The fraction of sp³-hybridized carbons (Fsp3) is 0.111. The Kier molecular flexibility index (Phi) is 2.41. The predicted molar refractivity (Wildman–Crippen MR) is 43.1 cm³/mol. The van der Waals surface area contributed by atoms with Gasteiger partial charge in [-0.05, 0) is 24.6 Å². The van der Waals surface area contributed by atoms with Crippen molar-refractivity contribution >= 4 is 11.8 Å². The SMILES string of the molecule is Cc1ccc(F)cc1C(=O)C(=O)O. The van der Waals surface area contributed by atoms with Crippen molar-refractivity contribution < 1.29 is 19.1 Å². The monoisotopic (exact) mass is 182 g/mol. The molecule has 0 unspecified atom stereocenters. The number of carboxylic acid groups (broad SMARTS) is 1. The number of aliphatic carboxylic acids is 1. The zero-order valence-corrected chi connectivity index (χ0v) is 6.87. The van der Waals surface area contributed by atoms with E-state index >= 15 is 0 Å². The number of aryl methyl sites for hydroxylation is 1. The highest BCUT2D eigenvalue weighted by Gasteiger charge is 2.16. The van der Waals surface area contributed by atoms with Crippen molar-refractivity contribution in [1.82, 2.24) is 0 Å². The van der Waals surface area contributed by atoms with Crippen LogP contribution in [0.3, 0.4) is 0 Å². The number of carboxylic acids is 1. The standard InChI is InChI=1S/C9H7FO3/c1-5-2-3-6(10)4-7(5)8(11)9(12)13/h2-4H,1H3,(H,12,13). The molecule has 4 heteroatoms. The van der Waals surface area contributed by atoms with Crippen LogP contribution in [0.25, 0.3) is 0 Å². The zero-order chi connectivity index (χ0) is 10.0. The van der Waals surface area contributed by atoms with E-state index in [4.69, 9.17) is 5.11 Å². The van der Waals surface area contributed by atoms with Gasteiger partial charge in [-0.2, -0.15) is 0 Å². The molecule has 0 saturated carbocycles. The van der Waals surface area contributed by atoms with Crippen LogP contribution in [0.2, 0.25) is 0 Å². The quantitative estimate of drug-likeness (QED) is 0.555. The van der Waals surface area contributed by atoms with E-state index in [0.29, 0.717) is 5.56 Å². The topological polar surface area (TPSA) is 54.4 Å². The summed E-state index contributed by atoms with van der Waals surface area (Å²) in [6.07, 6.45) is 0. The van der Waals surface area contributed by atoms with Crippen LogP contribution >= 0.6 is 0 Å². The van der Waals surface area contributed by atoms with Gasteiger partial charge >= 0.3 is 5.97 Å². The van der Waals surface area contributed by atoms with Crippen LogP contribution < -0.4 is 0 Å². The summed E-state index contributed by atoms with van der Waals surface area (Å²) in [5, 5.41) is 8.38. The Labute approximate surface area is 73.8 Å². The van der Waals surface area contributed by atoms with Gasteiger partial charge < -0.3 is 5.11 Å². The lowest BCUT2D eigenvalue weighted by atomic mass is 10.1. The largest absolute Gasteiger partial charge is 0.475 e. The van der Waals surface area contributed by atoms with Gasteiger partial charge in [0.15, 0.2) is 0 Å². The number of hydrogen-bond donors (Lipinski definition) is 1. The Morgan fingerprint density at radius 1 is 1.38 bits per heavy atom. The number of benzene rings is 1. The first-order valence-corrected chi connectivity index (χ1v) is 3.56. The van der Waals surface area contributed by atoms with Crippen molar-refractivity contribution in [2.75, 3.05) is 0 Å². The van der Waals surface area contributed by atoms with Gasteiger partial charge in [-0.15, -0.1) is 0 Å². The number of halogens is 1. The molecule has 0 heterocycles.